The quantitative estimate of drug-likeness (QED) is 0.274. The standard InChI is InChI=1S/C16H26N6S.HI/c1-4-5-6-9-17-16(18-11-14-8-7-10-23-14)19-12-15-21-20-13(2)22(15)3;/h7-8,10H,4-6,9,11-12H2,1-3H3,(H2,17,18,19);1H. The molecule has 2 N–H and O–H groups in total. The summed E-state index contributed by atoms with van der Waals surface area (Å²) in [4.78, 5) is 5.93. The van der Waals surface area contributed by atoms with Crippen LogP contribution in [0.25, 0.3) is 0 Å². The van der Waals surface area contributed by atoms with Crippen LogP contribution in [0, 0.1) is 6.92 Å². The van der Waals surface area contributed by atoms with Gasteiger partial charge >= 0.3 is 0 Å². The van der Waals surface area contributed by atoms with Crippen LogP contribution in [0.5, 0.6) is 0 Å². The average Bonchev–Trinajstić information content (AvgIpc) is 3.18. The minimum Gasteiger partial charge on any atom is -0.356 e. The van der Waals surface area contributed by atoms with E-state index in [-0.39, 0.29) is 24.0 Å². The first-order chi connectivity index (χ1) is 11.2. The molecule has 2 aromatic rings. The molecule has 134 valence electrons. The molecule has 24 heavy (non-hydrogen) atoms. The SMILES string of the molecule is CCCCCNC(=NCc1nnc(C)n1C)NCc1cccs1.I. The van der Waals surface area contributed by atoms with Crippen molar-refractivity contribution < 1.29 is 0 Å². The molecule has 0 aliphatic heterocycles. The highest BCUT2D eigenvalue weighted by molar-refractivity contribution is 14.0. The van der Waals surface area contributed by atoms with Crippen LogP contribution in [0.15, 0.2) is 22.5 Å². The Labute approximate surface area is 165 Å². The van der Waals surface area contributed by atoms with Crippen LogP contribution in [0.1, 0.15) is 42.7 Å². The lowest BCUT2D eigenvalue weighted by molar-refractivity contribution is 0.679. The van der Waals surface area contributed by atoms with Gasteiger partial charge in [0.25, 0.3) is 0 Å². The summed E-state index contributed by atoms with van der Waals surface area (Å²) < 4.78 is 1.97. The molecule has 0 saturated carbocycles. The van der Waals surface area contributed by atoms with E-state index < -0.39 is 0 Å². The molecule has 8 heteroatoms. The first-order valence-electron chi connectivity index (χ1n) is 8.10. The van der Waals surface area contributed by atoms with Crippen LogP contribution in [-0.2, 0) is 20.1 Å². The van der Waals surface area contributed by atoms with E-state index in [0.29, 0.717) is 6.54 Å². The lowest BCUT2D eigenvalue weighted by atomic mass is 10.2. The molecule has 0 saturated heterocycles. The molecule has 0 amide bonds. The Morgan fingerprint density at radius 2 is 2.12 bits per heavy atom. The number of hydrogen-bond acceptors (Lipinski definition) is 4. The smallest absolute Gasteiger partial charge is 0.192 e. The van der Waals surface area contributed by atoms with Crippen molar-refractivity contribution in [3.05, 3.63) is 34.0 Å². The lowest BCUT2D eigenvalue weighted by Gasteiger charge is -2.12. The highest BCUT2D eigenvalue weighted by Crippen LogP contribution is 2.07. The van der Waals surface area contributed by atoms with E-state index in [1.165, 1.54) is 17.7 Å². The van der Waals surface area contributed by atoms with E-state index in [2.05, 4.69) is 50.3 Å². The number of hydrogen-bond donors (Lipinski definition) is 2. The molecule has 0 aromatic carbocycles. The maximum Gasteiger partial charge on any atom is 0.192 e. The van der Waals surface area contributed by atoms with Crippen LogP contribution in [0.4, 0.5) is 0 Å². The number of nitrogens with one attached hydrogen (secondary N) is 2. The fourth-order valence-corrected chi connectivity index (χ4v) is 2.72. The van der Waals surface area contributed by atoms with Crippen molar-refractivity contribution in [2.45, 2.75) is 46.2 Å². The molecule has 2 aromatic heterocycles. The van der Waals surface area contributed by atoms with Crippen LogP contribution in [0.3, 0.4) is 0 Å². The Balaban J connectivity index is 0.00000288. The Morgan fingerprint density at radius 3 is 2.75 bits per heavy atom. The fourth-order valence-electron chi connectivity index (χ4n) is 2.08. The van der Waals surface area contributed by atoms with Crippen LogP contribution in [-0.4, -0.2) is 27.3 Å². The van der Waals surface area contributed by atoms with Gasteiger partial charge in [-0.1, -0.05) is 25.8 Å². The van der Waals surface area contributed by atoms with Gasteiger partial charge in [-0.05, 0) is 24.8 Å². The third-order valence-corrected chi connectivity index (χ3v) is 4.52. The zero-order valence-corrected chi connectivity index (χ0v) is 17.7. The zero-order chi connectivity index (χ0) is 16.5. The van der Waals surface area contributed by atoms with E-state index >= 15 is 0 Å². The third-order valence-electron chi connectivity index (χ3n) is 3.64. The molecule has 6 nitrogen and oxygen atoms in total. The summed E-state index contributed by atoms with van der Waals surface area (Å²) in [5.74, 6) is 2.60. The maximum atomic E-state index is 4.64. The molecule has 0 radical (unpaired) electrons. The monoisotopic (exact) mass is 462 g/mol. The number of guanidine groups is 1. The van der Waals surface area contributed by atoms with Gasteiger partial charge in [0.15, 0.2) is 11.8 Å². The van der Waals surface area contributed by atoms with Crippen LogP contribution >= 0.6 is 35.3 Å². The summed E-state index contributed by atoms with van der Waals surface area (Å²) in [6.07, 6.45) is 3.60. The van der Waals surface area contributed by atoms with Crippen molar-refractivity contribution in [3.8, 4) is 0 Å². The highest BCUT2D eigenvalue weighted by Gasteiger charge is 2.05. The molecule has 0 fully saturated rings. The Morgan fingerprint density at radius 1 is 1.29 bits per heavy atom. The largest absolute Gasteiger partial charge is 0.356 e. The maximum absolute atomic E-state index is 4.64. The fraction of sp³-hybridized carbons (Fsp3) is 0.562. The van der Waals surface area contributed by atoms with Gasteiger partial charge in [0.05, 0.1) is 6.54 Å². The lowest BCUT2D eigenvalue weighted by Crippen LogP contribution is -2.37. The van der Waals surface area contributed by atoms with Crippen molar-refractivity contribution in [1.82, 2.24) is 25.4 Å². The molecule has 0 bridgehead atoms. The number of nitrogens with zero attached hydrogens (tertiary/aromatic N) is 4. The van der Waals surface area contributed by atoms with Gasteiger partial charge < -0.3 is 15.2 Å². The Bertz CT molecular complexity index is 608. The molecule has 2 rings (SSSR count). The van der Waals surface area contributed by atoms with Crippen molar-refractivity contribution in [3.63, 3.8) is 0 Å². The Hall–Kier alpha value is -1.16. The zero-order valence-electron chi connectivity index (χ0n) is 14.6. The summed E-state index contributed by atoms with van der Waals surface area (Å²) in [5, 5.41) is 17.1. The molecule has 2 heterocycles. The predicted molar refractivity (Wildman–Crippen MR) is 111 cm³/mol. The number of halogens is 1. The first-order valence-corrected chi connectivity index (χ1v) is 8.98. The van der Waals surface area contributed by atoms with E-state index in [1.807, 2.05) is 18.5 Å². The topological polar surface area (TPSA) is 67.1 Å². The first kappa shape index (κ1) is 20.9. The summed E-state index contributed by atoms with van der Waals surface area (Å²) in [6, 6.07) is 4.19. The van der Waals surface area contributed by atoms with Crippen LogP contribution < -0.4 is 10.6 Å². The third kappa shape index (κ3) is 6.76. The number of rotatable bonds is 8. The van der Waals surface area contributed by atoms with Gasteiger partial charge in [-0.2, -0.15) is 0 Å². The number of aromatic nitrogens is 3. The van der Waals surface area contributed by atoms with Gasteiger partial charge in [-0.15, -0.1) is 45.5 Å². The summed E-state index contributed by atoms with van der Waals surface area (Å²) in [5.41, 5.74) is 0. The molecule has 0 aliphatic carbocycles. The summed E-state index contributed by atoms with van der Waals surface area (Å²) in [6.45, 7) is 6.39. The molecule has 0 spiro atoms. The van der Waals surface area contributed by atoms with Gasteiger partial charge in [0, 0.05) is 18.5 Å². The Kier molecular flexibility index (Phi) is 9.92. The minimum atomic E-state index is 0. The van der Waals surface area contributed by atoms with Crippen molar-refractivity contribution in [2.24, 2.45) is 12.0 Å². The molecule has 0 atom stereocenters. The van der Waals surface area contributed by atoms with Gasteiger partial charge in [0.1, 0.15) is 12.4 Å². The molecule has 0 aliphatic rings. The van der Waals surface area contributed by atoms with E-state index in [9.17, 15) is 0 Å². The summed E-state index contributed by atoms with van der Waals surface area (Å²) >= 11 is 1.75. The van der Waals surface area contributed by atoms with Crippen molar-refractivity contribution in [2.75, 3.05) is 6.54 Å². The van der Waals surface area contributed by atoms with Gasteiger partial charge in [-0.25, -0.2) is 4.99 Å². The second-order valence-electron chi connectivity index (χ2n) is 5.45. The van der Waals surface area contributed by atoms with Crippen LogP contribution in [0.2, 0.25) is 0 Å². The van der Waals surface area contributed by atoms with Crippen molar-refractivity contribution >= 4 is 41.3 Å². The average molecular weight is 462 g/mol. The number of aryl methyl sites for hydroxylation is 1. The highest BCUT2D eigenvalue weighted by atomic mass is 127. The summed E-state index contributed by atoms with van der Waals surface area (Å²) in [7, 11) is 1.97. The van der Waals surface area contributed by atoms with E-state index in [1.54, 1.807) is 11.3 Å². The van der Waals surface area contributed by atoms with Gasteiger partial charge in [-0.3, -0.25) is 0 Å². The number of unbranched alkanes of at least 4 members (excludes halogenated alkanes) is 2. The molecular formula is C16H27IN6S. The second kappa shape index (κ2) is 11.4. The minimum absolute atomic E-state index is 0. The normalized spacial score (nSPS) is 11.2. The number of aliphatic imine (C=N–C) groups is 1. The molecule has 0 unspecified atom stereocenters. The predicted octanol–water partition coefficient (Wildman–Crippen LogP) is 3.23. The van der Waals surface area contributed by atoms with Gasteiger partial charge in [0.2, 0.25) is 0 Å². The second-order valence-corrected chi connectivity index (χ2v) is 6.49. The number of thiophene rings is 1. The van der Waals surface area contributed by atoms with Crippen molar-refractivity contribution in [1.29, 1.82) is 0 Å². The van der Waals surface area contributed by atoms with E-state index in [4.69, 9.17) is 0 Å². The van der Waals surface area contributed by atoms with E-state index in [0.717, 1.165) is 37.1 Å². The molecular weight excluding hydrogens is 435 g/mol.